The van der Waals surface area contributed by atoms with Gasteiger partial charge in [-0.15, -0.1) is 0 Å². The zero-order chi connectivity index (χ0) is 15.2. The van der Waals surface area contributed by atoms with Crippen LogP contribution >= 0.6 is 0 Å². The zero-order valence-electron chi connectivity index (χ0n) is 11.6. The summed E-state index contributed by atoms with van der Waals surface area (Å²) in [5, 5.41) is 12.3. The average Bonchev–Trinajstić information content (AvgIpc) is 2.33. The van der Waals surface area contributed by atoms with Crippen molar-refractivity contribution in [1.82, 2.24) is 5.32 Å². The second-order valence-corrected chi connectivity index (χ2v) is 5.61. The van der Waals surface area contributed by atoms with Crippen LogP contribution in [0.5, 0.6) is 0 Å². The van der Waals surface area contributed by atoms with Crippen LogP contribution in [0.1, 0.15) is 39.0 Å². The van der Waals surface area contributed by atoms with Crippen molar-refractivity contribution >= 4 is 5.91 Å². The molecule has 1 aliphatic rings. The highest BCUT2D eigenvalue weighted by molar-refractivity contribution is 5.76. The van der Waals surface area contributed by atoms with Crippen molar-refractivity contribution in [1.29, 1.82) is 0 Å². The van der Waals surface area contributed by atoms with E-state index in [-0.39, 0.29) is 25.5 Å². The standard InChI is InChI=1S/C13H22F3NO3/c1-10-3-2-5-12(7-10,8-18)17-11(19)4-6-20-9-13(14,15)16/h10,18H,2-9H2,1H3,(H,17,19). The summed E-state index contributed by atoms with van der Waals surface area (Å²) >= 11 is 0. The van der Waals surface area contributed by atoms with Gasteiger partial charge in [0, 0.05) is 6.42 Å². The molecular weight excluding hydrogens is 275 g/mol. The van der Waals surface area contributed by atoms with Gasteiger partial charge in [-0.3, -0.25) is 4.79 Å². The number of carbonyl (C=O) groups excluding carboxylic acids is 1. The van der Waals surface area contributed by atoms with Crippen molar-refractivity contribution < 1.29 is 27.8 Å². The van der Waals surface area contributed by atoms with Crippen molar-refractivity contribution in [2.75, 3.05) is 19.8 Å². The number of carbonyl (C=O) groups is 1. The van der Waals surface area contributed by atoms with E-state index in [0.29, 0.717) is 18.8 Å². The molecule has 0 bridgehead atoms. The van der Waals surface area contributed by atoms with Gasteiger partial charge in [0.25, 0.3) is 0 Å². The first-order chi connectivity index (χ1) is 9.26. The van der Waals surface area contributed by atoms with Crippen molar-refractivity contribution in [3.05, 3.63) is 0 Å². The molecule has 2 atom stereocenters. The van der Waals surface area contributed by atoms with Crippen molar-refractivity contribution in [2.45, 2.75) is 50.7 Å². The number of halogens is 3. The van der Waals surface area contributed by atoms with E-state index < -0.39 is 18.3 Å². The van der Waals surface area contributed by atoms with E-state index in [2.05, 4.69) is 17.0 Å². The summed E-state index contributed by atoms with van der Waals surface area (Å²) in [6.07, 6.45) is -1.13. The van der Waals surface area contributed by atoms with Gasteiger partial charge >= 0.3 is 6.18 Å². The maximum absolute atomic E-state index is 11.9. The number of hydrogen-bond donors (Lipinski definition) is 2. The van der Waals surface area contributed by atoms with Gasteiger partial charge in [-0.2, -0.15) is 13.2 Å². The van der Waals surface area contributed by atoms with Crippen molar-refractivity contribution in [3.63, 3.8) is 0 Å². The molecule has 1 saturated carbocycles. The Morgan fingerprint density at radius 1 is 1.50 bits per heavy atom. The lowest BCUT2D eigenvalue weighted by Gasteiger charge is -2.39. The van der Waals surface area contributed by atoms with Crippen LogP contribution in [0.4, 0.5) is 13.2 Å². The lowest BCUT2D eigenvalue weighted by atomic mass is 9.77. The number of hydrogen-bond acceptors (Lipinski definition) is 3. The second kappa shape index (κ2) is 7.26. The van der Waals surface area contributed by atoms with E-state index in [1.54, 1.807) is 0 Å². The van der Waals surface area contributed by atoms with Gasteiger partial charge in [-0.25, -0.2) is 0 Å². The molecule has 2 N–H and O–H groups in total. The highest BCUT2D eigenvalue weighted by Gasteiger charge is 2.35. The summed E-state index contributed by atoms with van der Waals surface area (Å²) in [5.41, 5.74) is -0.626. The molecule has 1 aliphatic carbocycles. The third-order valence-corrected chi connectivity index (χ3v) is 3.54. The summed E-state index contributed by atoms with van der Waals surface area (Å²) in [4.78, 5) is 11.7. The van der Waals surface area contributed by atoms with Crippen LogP contribution in [0.2, 0.25) is 0 Å². The highest BCUT2D eigenvalue weighted by Crippen LogP contribution is 2.32. The smallest absolute Gasteiger partial charge is 0.394 e. The average molecular weight is 297 g/mol. The summed E-state index contributed by atoms with van der Waals surface area (Å²) < 4.78 is 40.0. The first-order valence-electron chi connectivity index (χ1n) is 6.83. The molecule has 20 heavy (non-hydrogen) atoms. The van der Waals surface area contributed by atoms with E-state index >= 15 is 0 Å². The number of aliphatic hydroxyl groups excluding tert-OH is 1. The molecule has 0 radical (unpaired) electrons. The summed E-state index contributed by atoms with van der Waals surface area (Å²) in [6, 6.07) is 0. The highest BCUT2D eigenvalue weighted by atomic mass is 19.4. The third kappa shape index (κ3) is 6.09. The number of rotatable bonds is 6. The maximum atomic E-state index is 11.9. The summed E-state index contributed by atoms with van der Waals surface area (Å²) in [5.74, 6) is 0.0352. The van der Waals surface area contributed by atoms with Crippen LogP contribution in [0.25, 0.3) is 0 Å². The Morgan fingerprint density at radius 3 is 2.75 bits per heavy atom. The van der Waals surface area contributed by atoms with Crippen molar-refractivity contribution in [2.24, 2.45) is 5.92 Å². The molecule has 0 aromatic heterocycles. The summed E-state index contributed by atoms with van der Waals surface area (Å²) in [7, 11) is 0. The van der Waals surface area contributed by atoms with Crippen LogP contribution in [-0.4, -0.2) is 42.5 Å². The number of nitrogens with one attached hydrogen (secondary N) is 1. The minimum atomic E-state index is -4.37. The Hall–Kier alpha value is -0.820. The molecule has 0 aliphatic heterocycles. The van der Waals surface area contributed by atoms with Crippen LogP contribution in [-0.2, 0) is 9.53 Å². The molecule has 2 unspecified atom stereocenters. The van der Waals surface area contributed by atoms with E-state index in [4.69, 9.17) is 0 Å². The molecule has 1 fully saturated rings. The Morgan fingerprint density at radius 2 is 2.20 bits per heavy atom. The molecule has 118 valence electrons. The van der Waals surface area contributed by atoms with Crippen molar-refractivity contribution in [3.8, 4) is 0 Å². The largest absolute Gasteiger partial charge is 0.411 e. The quantitative estimate of drug-likeness (QED) is 0.737. The van der Waals surface area contributed by atoms with Gasteiger partial charge in [0.05, 0.1) is 18.8 Å². The minimum absolute atomic E-state index is 0.133. The molecule has 1 amide bonds. The third-order valence-electron chi connectivity index (χ3n) is 3.54. The van der Waals surface area contributed by atoms with Gasteiger partial charge in [-0.05, 0) is 18.8 Å². The molecule has 1 rings (SSSR count). The Labute approximate surface area is 116 Å². The van der Waals surface area contributed by atoms with Gasteiger partial charge in [-0.1, -0.05) is 19.8 Å². The van der Waals surface area contributed by atoms with Gasteiger partial charge < -0.3 is 15.2 Å². The van der Waals surface area contributed by atoms with Gasteiger partial charge in [0.15, 0.2) is 0 Å². The molecule has 0 spiro atoms. The fourth-order valence-electron chi connectivity index (χ4n) is 2.67. The fourth-order valence-corrected chi connectivity index (χ4v) is 2.67. The van der Waals surface area contributed by atoms with Crippen LogP contribution < -0.4 is 5.32 Å². The second-order valence-electron chi connectivity index (χ2n) is 5.61. The molecule has 0 aromatic rings. The van der Waals surface area contributed by atoms with Crippen LogP contribution in [0, 0.1) is 5.92 Å². The number of ether oxygens (including phenoxy) is 1. The maximum Gasteiger partial charge on any atom is 0.411 e. The summed E-state index contributed by atoms with van der Waals surface area (Å²) in [6.45, 7) is 0.291. The molecule has 4 nitrogen and oxygen atoms in total. The Bertz CT molecular complexity index is 322. The van der Waals surface area contributed by atoms with Crippen LogP contribution in [0.15, 0.2) is 0 Å². The number of alkyl halides is 3. The lowest BCUT2D eigenvalue weighted by molar-refractivity contribution is -0.174. The molecular formula is C13H22F3NO3. The first-order valence-corrected chi connectivity index (χ1v) is 6.83. The molecule has 0 heterocycles. The predicted octanol–water partition coefficient (Wildman–Crippen LogP) is 2.01. The number of amides is 1. The topological polar surface area (TPSA) is 58.6 Å². The van der Waals surface area contributed by atoms with Crippen LogP contribution in [0.3, 0.4) is 0 Å². The van der Waals surface area contributed by atoms with Gasteiger partial charge in [0.1, 0.15) is 6.61 Å². The van der Waals surface area contributed by atoms with E-state index in [9.17, 15) is 23.1 Å². The van der Waals surface area contributed by atoms with E-state index in [0.717, 1.165) is 12.8 Å². The normalized spacial score (nSPS) is 27.4. The molecule has 7 heteroatoms. The Kier molecular flexibility index (Phi) is 6.26. The minimum Gasteiger partial charge on any atom is -0.394 e. The first kappa shape index (κ1) is 17.2. The molecule has 0 aromatic carbocycles. The van der Waals surface area contributed by atoms with Gasteiger partial charge in [0.2, 0.25) is 5.91 Å². The monoisotopic (exact) mass is 297 g/mol. The predicted molar refractivity (Wildman–Crippen MR) is 67.1 cm³/mol. The van der Waals surface area contributed by atoms with E-state index in [1.807, 2.05) is 0 Å². The molecule has 0 saturated heterocycles. The number of aliphatic hydroxyl groups is 1. The fraction of sp³-hybridized carbons (Fsp3) is 0.923. The SMILES string of the molecule is CC1CCCC(CO)(NC(=O)CCOCC(F)(F)F)C1. The van der Waals surface area contributed by atoms with E-state index in [1.165, 1.54) is 0 Å². The lowest BCUT2D eigenvalue weighted by Crippen LogP contribution is -2.54. The Balaban J connectivity index is 2.33. The zero-order valence-corrected chi connectivity index (χ0v) is 11.6.